The fourth-order valence-corrected chi connectivity index (χ4v) is 0.277. The normalized spacial score (nSPS) is 7.60. The Morgan fingerprint density at radius 2 is 2.10 bits per heavy atom. The van der Waals surface area contributed by atoms with Crippen LogP contribution in [-0.4, -0.2) is 18.4 Å². The molecule has 0 aliphatic rings. The van der Waals surface area contributed by atoms with E-state index in [-0.39, 0.29) is 6.54 Å². The third kappa shape index (κ3) is 2.69. The molecule has 0 atom stereocenters. The summed E-state index contributed by atoms with van der Waals surface area (Å²) < 4.78 is 0. The van der Waals surface area contributed by atoms with Crippen molar-refractivity contribution >= 4 is 11.8 Å². The van der Waals surface area contributed by atoms with Crippen molar-refractivity contribution in [1.29, 1.82) is 0 Å². The predicted molar refractivity (Wildman–Crippen MR) is 34.2 cm³/mol. The Balaban J connectivity index is 3.65. The Bertz CT molecular complexity index is 182. The SMILES string of the molecule is C#CCNC(=O)C(=O)NN. The average molecular weight is 141 g/mol. The van der Waals surface area contributed by atoms with Crippen molar-refractivity contribution < 1.29 is 9.59 Å². The van der Waals surface area contributed by atoms with E-state index in [0.29, 0.717) is 0 Å². The molecule has 0 radical (unpaired) electrons. The Hall–Kier alpha value is -1.54. The maximum Gasteiger partial charge on any atom is 0.323 e. The second-order valence-corrected chi connectivity index (χ2v) is 1.36. The molecule has 2 amide bonds. The zero-order chi connectivity index (χ0) is 7.98. The van der Waals surface area contributed by atoms with E-state index in [1.807, 2.05) is 0 Å². The number of hydrogen-bond donors (Lipinski definition) is 3. The van der Waals surface area contributed by atoms with Crippen molar-refractivity contribution in [2.24, 2.45) is 5.84 Å². The highest BCUT2D eigenvalue weighted by atomic mass is 16.2. The monoisotopic (exact) mass is 141 g/mol. The smallest absolute Gasteiger partial charge is 0.323 e. The zero-order valence-corrected chi connectivity index (χ0v) is 5.18. The van der Waals surface area contributed by atoms with Crippen molar-refractivity contribution in [3.05, 3.63) is 0 Å². The van der Waals surface area contributed by atoms with Gasteiger partial charge in [-0.1, -0.05) is 5.92 Å². The van der Waals surface area contributed by atoms with E-state index in [1.54, 1.807) is 5.43 Å². The Kier molecular flexibility index (Phi) is 3.68. The van der Waals surface area contributed by atoms with Gasteiger partial charge in [-0.05, 0) is 0 Å². The number of nitrogens with one attached hydrogen (secondary N) is 2. The second kappa shape index (κ2) is 4.35. The maximum atomic E-state index is 10.4. The molecule has 5 nitrogen and oxygen atoms in total. The second-order valence-electron chi connectivity index (χ2n) is 1.36. The first-order chi connectivity index (χ1) is 4.72. The van der Waals surface area contributed by atoms with E-state index < -0.39 is 11.8 Å². The first-order valence-corrected chi connectivity index (χ1v) is 2.44. The topological polar surface area (TPSA) is 84.2 Å². The van der Waals surface area contributed by atoms with Crippen molar-refractivity contribution in [3.63, 3.8) is 0 Å². The molecule has 0 unspecified atom stereocenters. The molecule has 10 heavy (non-hydrogen) atoms. The van der Waals surface area contributed by atoms with Gasteiger partial charge in [0.1, 0.15) is 0 Å². The largest absolute Gasteiger partial charge is 0.337 e. The van der Waals surface area contributed by atoms with Crippen LogP contribution in [0.1, 0.15) is 0 Å². The molecule has 5 heteroatoms. The molecule has 0 aliphatic carbocycles. The molecular weight excluding hydrogens is 134 g/mol. The van der Waals surface area contributed by atoms with E-state index in [1.165, 1.54) is 0 Å². The molecule has 0 fully saturated rings. The van der Waals surface area contributed by atoms with Gasteiger partial charge in [0.15, 0.2) is 0 Å². The number of amides is 2. The van der Waals surface area contributed by atoms with Crippen LogP contribution in [-0.2, 0) is 9.59 Å². The number of carbonyl (C=O) groups is 2. The van der Waals surface area contributed by atoms with Crippen LogP contribution in [0.15, 0.2) is 0 Å². The van der Waals surface area contributed by atoms with Crippen LogP contribution in [0.2, 0.25) is 0 Å². The summed E-state index contributed by atoms with van der Waals surface area (Å²) in [6, 6.07) is 0. The molecule has 0 aromatic carbocycles. The van der Waals surface area contributed by atoms with E-state index in [2.05, 4.69) is 17.1 Å². The number of terminal acetylenes is 1. The van der Waals surface area contributed by atoms with Crippen LogP contribution in [0.4, 0.5) is 0 Å². The number of nitrogens with two attached hydrogens (primary N) is 1. The van der Waals surface area contributed by atoms with E-state index in [9.17, 15) is 9.59 Å². The van der Waals surface area contributed by atoms with Crippen LogP contribution < -0.4 is 16.6 Å². The summed E-state index contributed by atoms with van der Waals surface area (Å²) in [5.41, 5.74) is 1.65. The highest BCUT2D eigenvalue weighted by Gasteiger charge is 2.08. The van der Waals surface area contributed by atoms with Crippen molar-refractivity contribution in [2.75, 3.05) is 6.54 Å². The molecular formula is C5H7N3O2. The Morgan fingerprint density at radius 3 is 2.50 bits per heavy atom. The molecule has 0 aromatic heterocycles. The molecule has 0 spiro atoms. The molecule has 0 heterocycles. The average Bonchev–Trinajstić information content (AvgIpc) is 1.98. The van der Waals surface area contributed by atoms with Crippen molar-refractivity contribution in [2.45, 2.75) is 0 Å². The summed E-state index contributed by atoms with van der Waals surface area (Å²) in [6.07, 6.45) is 4.79. The van der Waals surface area contributed by atoms with Crippen molar-refractivity contribution in [1.82, 2.24) is 10.7 Å². The Morgan fingerprint density at radius 1 is 1.50 bits per heavy atom. The standard InChI is InChI=1S/C5H7N3O2/c1-2-3-7-4(9)5(10)8-6/h1H,3,6H2,(H,7,9)(H,8,10). The molecule has 0 saturated carbocycles. The van der Waals surface area contributed by atoms with Gasteiger partial charge in [0.2, 0.25) is 0 Å². The van der Waals surface area contributed by atoms with E-state index in [0.717, 1.165) is 0 Å². The van der Waals surface area contributed by atoms with Crippen LogP contribution in [0.3, 0.4) is 0 Å². The molecule has 54 valence electrons. The summed E-state index contributed by atoms with van der Waals surface area (Å²) in [7, 11) is 0. The van der Waals surface area contributed by atoms with Crippen LogP contribution in [0.25, 0.3) is 0 Å². The lowest BCUT2D eigenvalue weighted by Gasteiger charge is -1.96. The fourth-order valence-electron chi connectivity index (χ4n) is 0.277. The number of carbonyl (C=O) groups excluding carboxylic acids is 2. The van der Waals surface area contributed by atoms with E-state index >= 15 is 0 Å². The highest BCUT2D eigenvalue weighted by molar-refractivity contribution is 6.34. The minimum Gasteiger partial charge on any atom is -0.337 e. The lowest BCUT2D eigenvalue weighted by atomic mass is 10.5. The van der Waals surface area contributed by atoms with Gasteiger partial charge >= 0.3 is 11.8 Å². The summed E-state index contributed by atoms with van der Waals surface area (Å²) in [6.45, 7) is 0.0201. The molecule has 0 aromatic rings. The lowest BCUT2D eigenvalue weighted by molar-refractivity contribution is -0.139. The van der Waals surface area contributed by atoms with Gasteiger partial charge in [-0.3, -0.25) is 15.0 Å². The van der Waals surface area contributed by atoms with Crippen LogP contribution >= 0.6 is 0 Å². The third-order valence-electron chi connectivity index (χ3n) is 0.688. The number of hydrogen-bond acceptors (Lipinski definition) is 3. The first-order valence-electron chi connectivity index (χ1n) is 2.44. The van der Waals surface area contributed by atoms with Crippen LogP contribution in [0.5, 0.6) is 0 Å². The van der Waals surface area contributed by atoms with Gasteiger partial charge in [-0.25, -0.2) is 5.84 Å². The molecule has 0 bridgehead atoms. The molecule has 4 N–H and O–H groups in total. The van der Waals surface area contributed by atoms with E-state index in [4.69, 9.17) is 6.42 Å². The van der Waals surface area contributed by atoms with Gasteiger partial charge in [0, 0.05) is 0 Å². The third-order valence-corrected chi connectivity index (χ3v) is 0.688. The molecule has 0 saturated heterocycles. The van der Waals surface area contributed by atoms with Gasteiger partial charge in [-0.15, -0.1) is 6.42 Å². The quantitative estimate of drug-likeness (QED) is 0.126. The highest BCUT2D eigenvalue weighted by Crippen LogP contribution is 1.62. The minimum atomic E-state index is -0.907. The molecule has 0 rings (SSSR count). The van der Waals surface area contributed by atoms with Gasteiger partial charge in [-0.2, -0.15) is 0 Å². The first kappa shape index (κ1) is 8.46. The zero-order valence-electron chi connectivity index (χ0n) is 5.18. The number of rotatable bonds is 1. The summed E-state index contributed by atoms with van der Waals surface area (Å²) in [4.78, 5) is 20.7. The molecule has 0 aliphatic heterocycles. The van der Waals surface area contributed by atoms with Gasteiger partial charge in [0.05, 0.1) is 6.54 Å². The summed E-state index contributed by atoms with van der Waals surface area (Å²) in [5, 5.41) is 2.12. The predicted octanol–water partition coefficient (Wildman–Crippen LogP) is -2.27. The van der Waals surface area contributed by atoms with Gasteiger partial charge in [0.25, 0.3) is 0 Å². The minimum absolute atomic E-state index is 0.0201. The lowest BCUT2D eigenvalue weighted by Crippen LogP contribution is -2.43. The summed E-state index contributed by atoms with van der Waals surface area (Å²) in [5.74, 6) is 5.02. The van der Waals surface area contributed by atoms with Gasteiger partial charge < -0.3 is 5.32 Å². The summed E-state index contributed by atoms with van der Waals surface area (Å²) >= 11 is 0. The van der Waals surface area contributed by atoms with Crippen LogP contribution in [0, 0.1) is 12.3 Å². The fraction of sp³-hybridized carbons (Fsp3) is 0.200. The maximum absolute atomic E-state index is 10.4. The van der Waals surface area contributed by atoms with Crippen molar-refractivity contribution in [3.8, 4) is 12.3 Å². The Labute approximate surface area is 57.9 Å². The number of hydrazine groups is 1.